The zero-order valence-electron chi connectivity index (χ0n) is 11.0. The van der Waals surface area contributed by atoms with E-state index in [-0.39, 0.29) is 6.10 Å². The van der Waals surface area contributed by atoms with Crippen LogP contribution in [0.3, 0.4) is 0 Å². The molecular weight excluding hydrogens is 246 g/mol. The van der Waals surface area contributed by atoms with Gasteiger partial charge in [-0.3, -0.25) is 4.68 Å². The Labute approximate surface area is 113 Å². The van der Waals surface area contributed by atoms with Gasteiger partial charge in [0.05, 0.1) is 12.6 Å². The molecule has 0 aromatic carbocycles. The maximum absolute atomic E-state index is 9.92. The molecule has 102 valence electrons. The normalized spacial score (nSPS) is 25.4. The summed E-state index contributed by atoms with van der Waals surface area (Å²) in [5.74, 6) is 1.21. The molecule has 18 heavy (non-hydrogen) atoms. The molecule has 3 unspecified atom stereocenters. The monoisotopic (exact) mass is 269 g/mol. The van der Waals surface area contributed by atoms with Gasteiger partial charge in [0, 0.05) is 30.2 Å². The number of nitrogens with one attached hydrogen (secondary N) is 1. The number of rotatable bonds is 7. The molecule has 1 heterocycles. The molecule has 5 heteroatoms. The van der Waals surface area contributed by atoms with Crippen molar-refractivity contribution < 1.29 is 5.11 Å². The van der Waals surface area contributed by atoms with Crippen molar-refractivity contribution in [1.82, 2.24) is 15.1 Å². The Bertz CT molecular complexity index is 331. The van der Waals surface area contributed by atoms with Crippen molar-refractivity contribution >= 4 is 11.8 Å². The van der Waals surface area contributed by atoms with E-state index in [9.17, 15) is 5.11 Å². The van der Waals surface area contributed by atoms with E-state index in [1.165, 1.54) is 25.0 Å². The third kappa shape index (κ3) is 4.30. The third-order valence-electron chi connectivity index (χ3n) is 3.39. The Balaban J connectivity index is 1.63. The first kappa shape index (κ1) is 13.9. The zero-order chi connectivity index (χ0) is 12.8. The molecule has 0 bridgehead atoms. The van der Waals surface area contributed by atoms with Crippen molar-refractivity contribution in [2.24, 2.45) is 0 Å². The van der Waals surface area contributed by atoms with E-state index in [0.29, 0.717) is 19.1 Å². The van der Waals surface area contributed by atoms with E-state index in [2.05, 4.69) is 29.1 Å². The molecule has 0 radical (unpaired) electrons. The maximum atomic E-state index is 9.92. The van der Waals surface area contributed by atoms with E-state index in [4.69, 9.17) is 0 Å². The lowest BCUT2D eigenvalue weighted by Gasteiger charge is -2.16. The highest BCUT2D eigenvalue weighted by molar-refractivity contribution is 7.99. The lowest BCUT2D eigenvalue weighted by atomic mass is 10.2. The van der Waals surface area contributed by atoms with Crippen LogP contribution in [-0.4, -0.2) is 44.6 Å². The van der Waals surface area contributed by atoms with Gasteiger partial charge in [0.25, 0.3) is 0 Å². The van der Waals surface area contributed by atoms with Crippen molar-refractivity contribution in [2.75, 3.05) is 12.3 Å². The van der Waals surface area contributed by atoms with Gasteiger partial charge >= 0.3 is 0 Å². The number of aliphatic hydroxyl groups excluding tert-OH is 1. The third-order valence-corrected chi connectivity index (χ3v) is 4.62. The van der Waals surface area contributed by atoms with Gasteiger partial charge in [0.2, 0.25) is 0 Å². The molecular formula is C13H23N3OS. The van der Waals surface area contributed by atoms with Gasteiger partial charge in [0.1, 0.15) is 0 Å². The van der Waals surface area contributed by atoms with Crippen LogP contribution < -0.4 is 5.32 Å². The van der Waals surface area contributed by atoms with E-state index in [0.717, 1.165) is 5.25 Å². The average Bonchev–Trinajstić information content (AvgIpc) is 2.99. The van der Waals surface area contributed by atoms with Crippen LogP contribution in [0.2, 0.25) is 0 Å². The number of nitrogens with zero attached hydrogens (tertiary/aromatic N) is 2. The SMILES string of the molecule is CCSC1CCC(NCC(O)Cn2cccn2)C1. The van der Waals surface area contributed by atoms with Gasteiger partial charge in [-0.2, -0.15) is 16.9 Å². The summed E-state index contributed by atoms with van der Waals surface area (Å²) in [4.78, 5) is 0. The number of hydrogen-bond acceptors (Lipinski definition) is 4. The van der Waals surface area contributed by atoms with Gasteiger partial charge in [-0.15, -0.1) is 0 Å². The molecule has 1 saturated carbocycles. The Morgan fingerprint density at radius 3 is 3.17 bits per heavy atom. The number of hydrogen-bond donors (Lipinski definition) is 2. The van der Waals surface area contributed by atoms with Gasteiger partial charge in [0.15, 0.2) is 0 Å². The minimum Gasteiger partial charge on any atom is -0.390 e. The molecule has 4 nitrogen and oxygen atoms in total. The van der Waals surface area contributed by atoms with Gasteiger partial charge < -0.3 is 10.4 Å². The van der Waals surface area contributed by atoms with Crippen LogP contribution in [0.25, 0.3) is 0 Å². The summed E-state index contributed by atoms with van der Waals surface area (Å²) in [5.41, 5.74) is 0. The van der Waals surface area contributed by atoms with Crippen LogP contribution in [0, 0.1) is 0 Å². The Kier molecular flexibility index (Phi) is 5.53. The van der Waals surface area contributed by atoms with Gasteiger partial charge in [-0.25, -0.2) is 0 Å². The molecule has 3 atom stereocenters. The zero-order valence-corrected chi connectivity index (χ0v) is 11.8. The van der Waals surface area contributed by atoms with Gasteiger partial charge in [-0.1, -0.05) is 6.92 Å². The lowest BCUT2D eigenvalue weighted by molar-refractivity contribution is 0.143. The van der Waals surface area contributed by atoms with Crippen LogP contribution in [0.5, 0.6) is 0 Å². The number of aliphatic hydroxyl groups is 1. The Morgan fingerprint density at radius 1 is 1.56 bits per heavy atom. The first-order chi connectivity index (χ1) is 8.78. The molecule has 2 N–H and O–H groups in total. The molecule has 2 rings (SSSR count). The second kappa shape index (κ2) is 7.16. The van der Waals surface area contributed by atoms with Crippen molar-refractivity contribution in [1.29, 1.82) is 0 Å². The summed E-state index contributed by atoms with van der Waals surface area (Å²) >= 11 is 2.06. The predicted octanol–water partition coefficient (Wildman–Crippen LogP) is 1.51. The van der Waals surface area contributed by atoms with Crippen LogP contribution in [0.15, 0.2) is 18.5 Å². The number of thioether (sulfide) groups is 1. The van der Waals surface area contributed by atoms with Crippen molar-refractivity contribution in [3.05, 3.63) is 18.5 Å². The van der Waals surface area contributed by atoms with E-state index in [1.807, 2.05) is 12.3 Å². The first-order valence-corrected chi connectivity index (χ1v) is 7.83. The van der Waals surface area contributed by atoms with Crippen molar-refractivity contribution in [3.63, 3.8) is 0 Å². The Hall–Kier alpha value is -0.520. The van der Waals surface area contributed by atoms with Crippen LogP contribution in [0.1, 0.15) is 26.2 Å². The largest absolute Gasteiger partial charge is 0.390 e. The van der Waals surface area contributed by atoms with Crippen molar-refractivity contribution in [2.45, 2.75) is 50.1 Å². The average molecular weight is 269 g/mol. The van der Waals surface area contributed by atoms with Gasteiger partial charge in [-0.05, 0) is 31.1 Å². The molecule has 0 amide bonds. The fourth-order valence-corrected chi connectivity index (χ4v) is 3.65. The quantitative estimate of drug-likeness (QED) is 0.788. The minimum atomic E-state index is -0.359. The predicted molar refractivity (Wildman–Crippen MR) is 75.8 cm³/mol. The highest BCUT2D eigenvalue weighted by Gasteiger charge is 2.24. The van der Waals surface area contributed by atoms with Crippen LogP contribution in [-0.2, 0) is 6.54 Å². The summed E-state index contributed by atoms with van der Waals surface area (Å²) in [7, 11) is 0. The second-order valence-corrected chi connectivity index (χ2v) is 6.45. The molecule has 1 aromatic heterocycles. The summed E-state index contributed by atoms with van der Waals surface area (Å²) in [6, 6.07) is 2.46. The standard InChI is InChI=1S/C13H23N3OS/c1-2-18-13-5-4-11(8-13)14-9-12(17)10-16-7-3-6-15-16/h3,6-7,11-14,17H,2,4-5,8-10H2,1H3. The molecule has 0 spiro atoms. The fraction of sp³-hybridized carbons (Fsp3) is 0.769. The molecule has 1 fully saturated rings. The van der Waals surface area contributed by atoms with E-state index >= 15 is 0 Å². The van der Waals surface area contributed by atoms with Crippen molar-refractivity contribution in [3.8, 4) is 0 Å². The summed E-state index contributed by atoms with van der Waals surface area (Å²) in [6.45, 7) is 3.45. The van der Waals surface area contributed by atoms with E-state index < -0.39 is 0 Å². The molecule has 1 aliphatic carbocycles. The first-order valence-electron chi connectivity index (χ1n) is 6.78. The van der Waals surface area contributed by atoms with E-state index in [1.54, 1.807) is 10.9 Å². The molecule has 1 aromatic rings. The van der Waals surface area contributed by atoms with Crippen LogP contribution in [0.4, 0.5) is 0 Å². The maximum Gasteiger partial charge on any atom is 0.0860 e. The smallest absolute Gasteiger partial charge is 0.0860 e. The summed E-state index contributed by atoms with van der Waals surface area (Å²) in [6.07, 6.45) is 7.06. The summed E-state index contributed by atoms with van der Waals surface area (Å²) < 4.78 is 1.77. The highest BCUT2D eigenvalue weighted by atomic mass is 32.2. The molecule has 0 aliphatic heterocycles. The fourth-order valence-electron chi connectivity index (χ4n) is 2.50. The second-order valence-electron chi connectivity index (χ2n) is 4.88. The minimum absolute atomic E-state index is 0.359. The summed E-state index contributed by atoms with van der Waals surface area (Å²) in [5, 5.41) is 18.3. The number of aromatic nitrogens is 2. The highest BCUT2D eigenvalue weighted by Crippen LogP contribution is 2.29. The lowest BCUT2D eigenvalue weighted by Crippen LogP contribution is -2.36. The molecule has 0 saturated heterocycles. The topological polar surface area (TPSA) is 50.1 Å². The van der Waals surface area contributed by atoms with Crippen LogP contribution >= 0.6 is 11.8 Å². The Morgan fingerprint density at radius 2 is 2.44 bits per heavy atom. The molecule has 1 aliphatic rings.